The van der Waals surface area contributed by atoms with Crippen molar-refractivity contribution in [1.29, 1.82) is 0 Å². The van der Waals surface area contributed by atoms with E-state index in [1.165, 1.54) is 7.11 Å². The predicted octanol–water partition coefficient (Wildman–Crippen LogP) is 0.922. The van der Waals surface area contributed by atoms with Crippen LogP contribution in [0.15, 0.2) is 18.5 Å². The van der Waals surface area contributed by atoms with E-state index in [2.05, 4.69) is 4.98 Å². The Labute approximate surface area is 94.8 Å². The Morgan fingerprint density at radius 2 is 2.25 bits per heavy atom. The number of pyridine rings is 1. The second kappa shape index (κ2) is 3.87. The molecule has 4 nitrogen and oxygen atoms in total. The molecule has 1 fully saturated rings. The Morgan fingerprint density at radius 3 is 2.75 bits per heavy atom. The van der Waals surface area contributed by atoms with Gasteiger partial charge in [-0.1, -0.05) is 6.07 Å². The van der Waals surface area contributed by atoms with Crippen LogP contribution in [0.1, 0.15) is 24.0 Å². The van der Waals surface area contributed by atoms with Gasteiger partial charge in [-0.05, 0) is 30.9 Å². The molecular formula is C12H16N2O2. The minimum Gasteiger partial charge on any atom is -0.468 e. The zero-order valence-electron chi connectivity index (χ0n) is 9.56. The van der Waals surface area contributed by atoms with Crippen molar-refractivity contribution in [2.24, 2.45) is 5.73 Å². The van der Waals surface area contributed by atoms with Gasteiger partial charge in [0.2, 0.25) is 0 Å². The fourth-order valence-corrected chi connectivity index (χ4v) is 2.09. The Bertz CT molecular complexity index is 413. The highest BCUT2D eigenvalue weighted by molar-refractivity contribution is 5.78. The summed E-state index contributed by atoms with van der Waals surface area (Å²) in [4.78, 5) is 15.6. The molecule has 0 amide bonds. The number of methoxy groups -OCH3 is 1. The van der Waals surface area contributed by atoms with E-state index in [0.717, 1.165) is 24.0 Å². The summed E-state index contributed by atoms with van der Waals surface area (Å²) in [6.07, 6.45) is 5.44. The molecule has 0 aromatic carbocycles. The molecule has 1 aromatic heterocycles. The van der Waals surface area contributed by atoms with Gasteiger partial charge in [-0.3, -0.25) is 9.78 Å². The summed E-state index contributed by atoms with van der Waals surface area (Å²) < 4.78 is 4.71. The summed E-state index contributed by atoms with van der Waals surface area (Å²) in [5.41, 5.74) is 7.83. The average molecular weight is 220 g/mol. The van der Waals surface area contributed by atoms with Gasteiger partial charge in [0.15, 0.2) is 0 Å². The molecule has 16 heavy (non-hydrogen) atoms. The number of hydrogen-bond donors (Lipinski definition) is 1. The minimum absolute atomic E-state index is 0.244. The molecule has 1 aliphatic rings. The molecular weight excluding hydrogens is 204 g/mol. The second-order valence-electron chi connectivity index (χ2n) is 4.41. The smallest absolute Gasteiger partial charge is 0.323 e. The molecule has 0 bridgehead atoms. The van der Waals surface area contributed by atoms with Gasteiger partial charge in [0.05, 0.1) is 7.11 Å². The van der Waals surface area contributed by atoms with Crippen LogP contribution in [-0.2, 0) is 14.9 Å². The van der Waals surface area contributed by atoms with Crippen LogP contribution < -0.4 is 5.73 Å². The molecule has 1 unspecified atom stereocenters. The minimum atomic E-state index is -0.582. The standard InChI is InChI=1S/C12H16N2O2/c1-8-5-9(7-14-6-8)12(3-4-12)10(13)11(15)16-2/h5-7,10H,3-4,13H2,1-2H3. The third-order valence-corrected chi connectivity index (χ3v) is 3.29. The van der Waals surface area contributed by atoms with Crippen molar-refractivity contribution >= 4 is 5.97 Å². The monoisotopic (exact) mass is 220 g/mol. The topological polar surface area (TPSA) is 65.2 Å². The van der Waals surface area contributed by atoms with E-state index in [1.54, 1.807) is 12.4 Å². The van der Waals surface area contributed by atoms with Gasteiger partial charge in [-0.2, -0.15) is 0 Å². The molecule has 0 radical (unpaired) electrons. The Balaban J connectivity index is 2.29. The van der Waals surface area contributed by atoms with Crippen molar-refractivity contribution in [2.75, 3.05) is 7.11 Å². The Morgan fingerprint density at radius 1 is 1.56 bits per heavy atom. The molecule has 86 valence electrons. The molecule has 1 saturated carbocycles. The van der Waals surface area contributed by atoms with E-state index >= 15 is 0 Å². The number of aromatic nitrogens is 1. The van der Waals surface area contributed by atoms with Gasteiger partial charge < -0.3 is 10.5 Å². The number of esters is 1. The highest BCUT2D eigenvalue weighted by Crippen LogP contribution is 2.50. The molecule has 0 aliphatic heterocycles. The van der Waals surface area contributed by atoms with Gasteiger partial charge in [-0.15, -0.1) is 0 Å². The molecule has 1 aliphatic carbocycles. The van der Waals surface area contributed by atoms with E-state index in [1.807, 2.05) is 13.0 Å². The average Bonchev–Trinajstić information content (AvgIpc) is 3.08. The normalized spacial score (nSPS) is 18.9. The fourth-order valence-electron chi connectivity index (χ4n) is 2.09. The number of hydrogen-bond acceptors (Lipinski definition) is 4. The largest absolute Gasteiger partial charge is 0.468 e. The van der Waals surface area contributed by atoms with Crippen LogP contribution in [0.5, 0.6) is 0 Å². The van der Waals surface area contributed by atoms with Crippen LogP contribution in [0.25, 0.3) is 0 Å². The molecule has 2 N–H and O–H groups in total. The zero-order chi connectivity index (χ0) is 11.8. The van der Waals surface area contributed by atoms with Gasteiger partial charge in [-0.25, -0.2) is 0 Å². The third-order valence-electron chi connectivity index (χ3n) is 3.29. The second-order valence-corrected chi connectivity index (χ2v) is 4.41. The Kier molecular flexibility index (Phi) is 2.68. The molecule has 0 saturated heterocycles. The van der Waals surface area contributed by atoms with Crippen LogP contribution in [0.3, 0.4) is 0 Å². The number of carbonyl (C=O) groups is 1. The zero-order valence-corrected chi connectivity index (χ0v) is 9.56. The lowest BCUT2D eigenvalue weighted by molar-refractivity contribution is -0.143. The summed E-state index contributed by atoms with van der Waals surface area (Å²) in [6, 6.07) is 1.46. The van der Waals surface area contributed by atoms with Gasteiger partial charge in [0.1, 0.15) is 6.04 Å². The lowest BCUT2D eigenvalue weighted by atomic mass is 9.89. The van der Waals surface area contributed by atoms with Crippen molar-refractivity contribution in [3.63, 3.8) is 0 Å². The maximum atomic E-state index is 11.5. The quantitative estimate of drug-likeness (QED) is 0.769. The van der Waals surface area contributed by atoms with E-state index in [-0.39, 0.29) is 11.4 Å². The van der Waals surface area contributed by atoms with Crippen molar-refractivity contribution in [3.05, 3.63) is 29.6 Å². The van der Waals surface area contributed by atoms with Crippen molar-refractivity contribution in [3.8, 4) is 0 Å². The number of nitrogens with zero attached hydrogens (tertiary/aromatic N) is 1. The fraction of sp³-hybridized carbons (Fsp3) is 0.500. The van der Waals surface area contributed by atoms with E-state index in [9.17, 15) is 4.79 Å². The van der Waals surface area contributed by atoms with Crippen molar-refractivity contribution < 1.29 is 9.53 Å². The van der Waals surface area contributed by atoms with Crippen LogP contribution in [0, 0.1) is 6.92 Å². The van der Waals surface area contributed by atoms with Crippen LogP contribution >= 0.6 is 0 Å². The summed E-state index contributed by atoms with van der Waals surface area (Å²) in [7, 11) is 1.37. The first-order valence-corrected chi connectivity index (χ1v) is 5.36. The molecule has 4 heteroatoms. The van der Waals surface area contributed by atoms with Crippen LogP contribution in [0.4, 0.5) is 0 Å². The van der Waals surface area contributed by atoms with Gasteiger partial charge in [0, 0.05) is 17.8 Å². The van der Waals surface area contributed by atoms with E-state index in [4.69, 9.17) is 10.5 Å². The number of carbonyl (C=O) groups excluding carboxylic acids is 1. The van der Waals surface area contributed by atoms with Gasteiger partial charge >= 0.3 is 5.97 Å². The highest BCUT2D eigenvalue weighted by Gasteiger charge is 2.52. The molecule has 1 heterocycles. The van der Waals surface area contributed by atoms with E-state index in [0.29, 0.717) is 0 Å². The lowest BCUT2D eigenvalue weighted by Gasteiger charge is -2.21. The summed E-state index contributed by atoms with van der Waals surface area (Å²) >= 11 is 0. The summed E-state index contributed by atoms with van der Waals surface area (Å²) in [5, 5.41) is 0. The molecule has 1 aromatic rings. The summed E-state index contributed by atoms with van der Waals surface area (Å²) in [5.74, 6) is -0.348. The van der Waals surface area contributed by atoms with Crippen LogP contribution in [0.2, 0.25) is 0 Å². The van der Waals surface area contributed by atoms with Crippen molar-refractivity contribution in [1.82, 2.24) is 4.98 Å². The maximum Gasteiger partial charge on any atom is 0.323 e. The molecule has 0 spiro atoms. The highest BCUT2D eigenvalue weighted by atomic mass is 16.5. The molecule has 1 atom stereocenters. The maximum absolute atomic E-state index is 11.5. The number of ether oxygens (including phenoxy) is 1. The van der Waals surface area contributed by atoms with Crippen LogP contribution in [-0.4, -0.2) is 24.1 Å². The summed E-state index contributed by atoms with van der Waals surface area (Å²) in [6.45, 7) is 1.98. The lowest BCUT2D eigenvalue weighted by Crippen LogP contribution is -2.42. The number of nitrogens with two attached hydrogens (primary N) is 1. The SMILES string of the molecule is COC(=O)C(N)C1(c2cncc(C)c2)CC1. The van der Waals surface area contributed by atoms with Gasteiger partial charge in [0.25, 0.3) is 0 Å². The predicted molar refractivity (Wildman–Crippen MR) is 59.9 cm³/mol. The Hall–Kier alpha value is -1.42. The first-order valence-electron chi connectivity index (χ1n) is 5.36. The van der Waals surface area contributed by atoms with E-state index < -0.39 is 6.04 Å². The third kappa shape index (κ3) is 1.69. The first kappa shape index (κ1) is 11.1. The molecule has 2 rings (SSSR count). The number of aryl methyl sites for hydroxylation is 1. The first-order chi connectivity index (χ1) is 7.60. The number of rotatable bonds is 3. The van der Waals surface area contributed by atoms with Crippen molar-refractivity contribution in [2.45, 2.75) is 31.2 Å².